The van der Waals surface area contributed by atoms with Gasteiger partial charge in [0.25, 0.3) is 0 Å². The van der Waals surface area contributed by atoms with Crippen LogP contribution >= 0.6 is 34.0 Å². The van der Waals surface area contributed by atoms with Gasteiger partial charge in [0.2, 0.25) is 0 Å². The van der Waals surface area contributed by atoms with Gasteiger partial charge in [-0.1, -0.05) is 127 Å². The summed E-state index contributed by atoms with van der Waals surface area (Å²) in [5, 5.41) is 13.0. The predicted molar refractivity (Wildman–Crippen MR) is 266 cm³/mol. The largest absolute Gasteiger partial charge is 0.310 e. The zero-order valence-corrected chi connectivity index (χ0v) is 34.7. The first-order valence-corrected chi connectivity index (χ1v) is 22.8. The summed E-state index contributed by atoms with van der Waals surface area (Å²) in [6, 6.07) is 74.5. The summed E-state index contributed by atoms with van der Waals surface area (Å²) in [6.07, 6.45) is 0. The zero-order chi connectivity index (χ0) is 39.3. The number of fused-ring (bicyclic) bond motifs is 12. The van der Waals surface area contributed by atoms with Crippen molar-refractivity contribution in [3.63, 3.8) is 0 Å². The highest BCUT2D eigenvalue weighted by atomic mass is 32.1. The van der Waals surface area contributed by atoms with Gasteiger partial charge in [0.05, 0.1) is 0 Å². The van der Waals surface area contributed by atoms with E-state index in [9.17, 15) is 0 Å². The molecule has 0 aliphatic rings. The monoisotopic (exact) mass is 815 g/mol. The average Bonchev–Trinajstić information content (AvgIpc) is 4.00. The highest BCUT2D eigenvalue weighted by molar-refractivity contribution is 7.27. The molecule has 0 saturated carbocycles. The summed E-state index contributed by atoms with van der Waals surface area (Å²) in [7, 11) is 0. The third-order valence-electron chi connectivity index (χ3n) is 12.2. The van der Waals surface area contributed by atoms with E-state index in [-0.39, 0.29) is 0 Å². The van der Waals surface area contributed by atoms with Crippen LogP contribution in [0.25, 0.3) is 104 Å². The number of rotatable bonds is 5. The molecule has 0 unspecified atom stereocenters. The smallest absolute Gasteiger partial charge is 0.0468 e. The van der Waals surface area contributed by atoms with Gasteiger partial charge in [-0.2, -0.15) is 0 Å². The molecule has 1 nitrogen and oxygen atoms in total. The van der Waals surface area contributed by atoms with E-state index in [1.165, 1.54) is 104 Å². The standard InChI is InChI=1S/C56H33NS3/c1-2-9-36-30-38(17-16-34(36)8-1)43-12-7-15-53-55(43)49-33-42(25-29-52(49)58-53)57(41-24-28-44-39(31-41)21-27-48-46-11-4-6-14-51(46)60-56(44)48)40-22-18-35(19-23-40)37-20-26-47-45-10-3-5-13-50(45)59-54(47)32-37/h1-33H. The molecule has 0 saturated heterocycles. The van der Waals surface area contributed by atoms with Crippen LogP contribution in [0.2, 0.25) is 0 Å². The molecule has 0 bridgehead atoms. The second kappa shape index (κ2) is 13.4. The lowest BCUT2D eigenvalue weighted by Crippen LogP contribution is -2.09. The molecule has 0 aliphatic carbocycles. The molecule has 0 amide bonds. The van der Waals surface area contributed by atoms with Gasteiger partial charge in [0, 0.05) is 77.6 Å². The summed E-state index contributed by atoms with van der Waals surface area (Å²) < 4.78 is 7.93. The first kappa shape index (κ1) is 34.1. The number of anilines is 3. The van der Waals surface area contributed by atoms with E-state index in [1.807, 2.05) is 34.0 Å². The SMILES string of the molecule is c1ccc2cc(-c3cccc4sc5ccc(N(c6ccc(-c7ccc8c(c7)sc7ccccc78)cc6)c6ccc7c(ccc8c9ccccc9sc78)c6)cc5c34)ccc2c1. The Labute approximate surface area is 358 Å². The Morgan fingerprint density at radius 3 is 1.77 bits per heavy atom. The second-order valence-electron chi connectivity index (χ2n) is 15.7. The molecular formula is C56H33NS3. The molecule has 13 rings (SSSR count). The van der Waals surface area contributed by atoms with Gasteiger partial charge >= 0.3 is 0 Å². The lowest BCUT2D eigenvalue weighted by atomic mass is 9.97. The topological polar surface area (TPSA) is 3.24 Å². The van der Waals surface area contributed by atoms with Crippen molar-refractivity contribution in [1.29, 1.82) is 0 Å². The maximum Gasteiger partial charge on any atom is 0.0468 e. The van der Waals surface area contributed by atoms with E-state index in [4.69, 9.17) is 0 Å². The van der Waals surface area contributed by atoms with Crippen molar-refractivity contribution in [3.05, 3.63) is 200 Å². The molecule has 0 N–H and O–H groups in total. The molecule has 3 heterocycles. The fraction of sp³-hybridized carbons (Fsp3) is 0. The van der Waals surface area contributed by atoms with Crippen LogP contribution in [0.4, 0.5) is 17.1 Å². The fourth-order valence-corrected chi connectivity index (χ4v) is 12.8. The summed E-state index contributed by atoms with van der Waals surface area (Å²) >= 11 is 5.64. The van der Waals surface area contributed by atoms with Crippen LogP contribution in [-0.2, 0) is 0 Å². The summed E-state index contributed by atoms with van der Waals surface area (Å²) in [5.74, 6) is 0. The van der Waals surface area contributed by atoms with Crippen LogP contribution in [0.5, 0.6) is 0 Å². The van der Waals surface area contributed by atoms with E-state index in [1.54, 1.807) is 0 Å². The maximum atomic E-state index is 2.44. The summed E-state index contributed by atoms with van der Waals surface area (Å²) in [5.41, 5.74) is 8.35. The number of hydrogen-bond acceptors (Lipinski definition) is 4. The van der Waals surface area contributed by atoms with Gasteiger partial charge in [-0.3, -0.25) is 0 Å². The Balaban J connectivity index is 0.978. The predicted octanol–water partition coefficient (Wildman–Crippen LogP) is 17.9. The minimum Gasteiger partial charge on any atom is -0.310 e. The molecule has 0 fully saturated rings. The number of hydrogen-bond donors (Lipinski definition) is 0. The van der Waals surface area contributed by atoms with Crippen molar-refractivity contribution < 1.29 is 0 Å². The molecule has 10 aromatic carbocycles. The van der Waals surface area contributed by atoms with Crippen LogP contribution in [0.3, 0.4) is 0 Å². The van der Waals surface area contributed by atoms with Crippen molar-refractivity contribution in [3.8, 4) is 22.3 Å². The molecule has 60 heavy (non-hydrogen) atoms. The van der Waals surface area contributed by atoms with Gasteiger partial charge in [0.15, 0.2) is 0 Å². The Morgan fingerprint density at radius 1 is 0.283 bits per heavy atom. The maximum absolute atomic E-state index is 2.44. The van der Waals surface area contributed by atoms with Crippen LogP contribution in [0.1, 0.15) is 0 Å². The van der Waals surface area contributed by atoms with Gasteiger partial charge < -0.3 is 4.90 Å². The lowest BCUT2D eigenvalue weighted by Gasteiger charge is -2.26. The van der Waals surface area contributed by atoms with Crippen LogP contribution in [0.15, 0.2) is 200 Å². The molecule has 3 aromatic heterocycles. The Morgan fingerprint density at radius 2 is 0.883 bits per heavy atom. The first-order valence-electron chi connectivity index (χ1n) is 20.3. The summed E-state index contributed by atoms with van der Waals surface area (Å²) in [6.45, 7) is 0. The average molecular weight is 816 g/mol. The van der Waals surface area contributed by atoms with Crippen molar-refractivity contribution in [1.82, 2.24) is 0 Å². The molecular weight excluding hydrogens is 783 g/mol. The van der Waals surface area contributed by atoms with E-state index < -0.39 is 0 Å². The first-order chi connectivity index (χ1) is 29.7. The number of thiophene rings is 3. The quantitative estimate of drug-likeness (QED) is 0.167. The molecule has 280 valence electrons. The molecule has 0 atom stereocenters. The highest BCUT2D eigenvalue weighted by Crippen LogP contribution is 2.46. The number of benzene rings is 10. The third-order valence-corrected chi connectivity index (χ3v) is 15.7. The van der Waals surface area contributed by atoms with E-state index in [0.29, 0.717) is 0 Å². The van der Waals surface area contributed by atoms with Crippen LogP contribution in [-0.4, -0.2) is 0 Å². The van der Waals surface area contributed by atoms with E-state index in [2.05, 4.69) is 205 Å². The lowest BCUT2D eigenvalue weighted by molar-refractivity contribution is 1.30. The van der Waals surface area contributed by atoms with Crippen LogP contribution in [0, 0.1) is 0 Å². The zero-order valence-electron chi connectivity index (χ0n) is 32.2. The minimum atomic E-state index is 1.12. The highest BCUT2D eigenvalue weighted by Gasteiger charge is 2.19. The van der Waals surface area contributed by atoms with Crippen molar-refractivity contribution in [2.45, 2.75) is 0 Å². The molecule has 13 aromatic rings. The second-order valence-corrected chi connectivity index (χ2v) is 18.9. The minimum absolute atomic E-state index is 1.12. The Hall–Kier alpha value is -6.82. The van der Waals surface area contributed by atoms with Crippen LogP contribution < -0.4 is 4.90 Å². The van der Waals surface area contributed by atoms with Gasteiger partial charge in [0.1, 0.15) is 0 Å². The molecule has 4 heteroatoms. The van der Waals surface area contributed by atoms with Crippen molar-refractivity contribution in [2.75, 3.05) is 4.90 Å². The molecule has 0 spiro atoms. The van der Waals surface area contributed by atoms with Gasteiger partial charge in [-0.25, -0.2) is 0 Å². The van der Waals surface area contributed by atoms with Crippen molar-refractivity contribution in [2.24, 2.45) is 0 Å². The van der Waals surface area contributed by atoms with E-state index >= 15 is 0 Å². The van der Waals surface area contributed by atoms with Crippen molar-refractivity contribution >= 4 is 133 Å². The Bertz CT molecular complexity index is 3850. The third kappa shape index (κ3) is 5.35. The van der Waals surface area contributed by atoms with Gasteiger partial charge in [-0.05, 0) is 117 Å². The molecule has 0 radical (unpaired) electrons. The van der Waals surface area contributed by atoms with E-state index in [0.717, 1.165) is 17.1 Å². The van der Waals surface area contributed by atoms with Gasteiger partial charge in [-0.15, -0.1) is 34.0 Å². The normalized spacial score (nSPS) is 12.0. The summed E-state index contributed by atoms with van der Waals surface area (Å²) in [4.78, 5) is 2.44. The molecule has 0 aliphatic heterocycles. The number of nitrogens with zero attached hydrogens (tertiary/aromatic N) is 1. The fourth-order valence-electron chi connectivity index (χ4n) is 9.34. The Kier molecular flexibility index (Phi) is 7.58.